The van der Waals surface area contributed by atoms with Gasteiger partial charge in [-0.15, -0.1) is 0 Å². The van der Waals surface area contributed by atoms with Crippen LogP contribution >= 0.6 is 0 Å². The van der Waals surface area contributed by atoms with E-state index in [4.69, 9.17) is 0 Å². The molecule has 1 aliphatic heterocycles. The molecule has 0 unspecified atom stereocenters. The van der Waals surface area contributed by atoms with E-state index in [1.54, 1.807) is 0 Å². The molecule has 2 aromatic rings. The van der Waals surface area contributed by atoms with Gasteiger partial charge in [-0.3, -0.25) is 4.79 Å². The molecule has 1 aromatic heterocycles. The largest absolute Gasteiger partial charge is 0.361 e. The van der Waals surface area contributed by atoms with Crippen LogP contribution < -0.4 is 10.6 Å². The highest BCUT2D eigenvalue weighted by atomic mass is 32.2. The maximum Gasteiger partial charge on any atom is 0.244 e. The number of nitrogens with one attached hydrogen (secondary N) is 2. The molecule has 2 heterocycles. The molecule has 1 amide bonds. The van der Waals surface area contributed by atoms with Crippen molar-refractivity contribution >= 4 is 27.4 Å². The third-order valence-corrected chi connectivity index (χ3v) is 5.95. The van der Waals surface area contributed by atoms with Crippen LogP contribution in [0.1, 0.15) is 12.8 Å². The fourth-order valence-electron chi connectivity index (χ4n) is 2.66. The molecule has 0 saturated carbocycles. The van der Waals surface area contributed by atoms with Gasteiger partial charge in [-0.05, 0) is 37.1 Å². The minimum atomic E-state index is -3.54. The Kier molecular flexibility index (Phi) is 5.66. The van der Waals surface area contributed by atoms with Crippen LogP contribution in [0, 0.1) is 11.6 Å². The van der Waals surface area contributed by atoms with E-state index in [0.29, 0.717) is 18.9 Å². The molecule has 3 rings (SSSR count). The van der Waals surface area contributed by atoms with Gasteiger partial charge < -0.3 is 10.6 Å². The van der Waals surface area contributed by atoms with E-state index in [-0.39, 0.29) is 17.1 Å². The van der Waals surface area contributed by atoms with Crippen molar-refractivity contribution in [1.29, 1.82) is 0 Å². The van der Waals surface area contributed by atoms with E-state index >= 15 is 0 Å². The van der Waals surface area contributed by atoms with E-state index in [0.717, 1.165) is 25.0 Å². The number of carbonyl (C=O) groups excluding carboxylic acids is 1. The number of sulfonamides is 1. The highest BCUT2D eigenvalue weighted by Gasteiger charge is 2.27. The van der Waals surface area contributed by atoms with Crippen LogP contribution in [0.5, 0.6) is 0 Å². The zero-order valence-electron chi connectivity index (χ0n) is 14.3. The molecule has 27 heavy (non-hydrogen) atoms. The average molecular weight is 396 g/mol. The van der Waals surface area contributed by atoms with Gasteiger partial charge in [0, 0.05) is 31.0 Å². The SMILES string of the molecule is O=C(CNc1ccc(S(=O)(=O)N2CCCC2)cn1)Nc1ccc(F)c(F)c1. The van der Waals surface area contributed by atoms with Crippen LogP contribution in [0.2, 0.25) is 0 Å². The summed E-state index contributed by atoms with van der Waals surface area (Å²) in [6, 6.07) is 5.93. The van der Waals surface area contributed by atoms with Gasteiger partial charge in [0.2, 0.25) is 15.9 Å². The number of benzene rings is 1. The van der Waals surface area contributed by atoms with E-state index in [2.05, 4.69) is 15.6 Å². The van der Waals surface area contributed by atoms with Crippen molar-refractivity contribution in [2.45, 2.75) is 17.7 Å². The van der Waals surface area contributed by atoms with Crippen LogP contribution in [0.3, 0.4) is 0 Å². The van der Waals surface area contributed by atoms with E-state index in [9.17, 15) is 22.0 Å². The van der Waals surface area contributed by atoms with Crippen molar-refractivity contribution in [3.63, 3.8) is 0 Å². The molecule has 1 fully saturated rings. The van der Waals surface area contributed by atoms with Gasteiger partial charge in [0.15, 0.2) is 11.6 Å². The van der Waals surface area contributed by atoms with Crippen molar-refractivity contribution < 1.29 is 22.0 Å². The smallest absolute Gasteiger partial charge is 0.244 e. The van der Waals surface area contributed by atoms with Crippen molar-refractivity contribution in [3.05, 3.63) is 48.2 Å². The number of nitrogens with zero attached hydrogens (tertiary/aromatic N) is 2. The predicted molar refractivity (Wildman–Crippen MR) is 95.7 cm³/mol. The van der Waals surface area contributed by atoms with Crippen LogP contribution in [0.15, 0.2) is 41.4 Å². The van der Waals surface area contributed by atoms with Gasteiger partial charge in [-0.2, -0.15) is 4.31 Å². The summed E-state index contributed by atoms with van der Waals surface area (Å²) in [7, 11) is -3.54. The van der Waals surface area contributed by atoms with Gasteiger partial charge in [0.05, 0.1) is 6.54 Å². The molecule has 1 saturated heterocycles. The molecule has 1 aliphatic rings. The van der Waals surface area contributed by atoms with Crippen molar-refractivity contribution in [3.8, 4) is 0 Å². The third-order valence-electron chi connectivity index (χ3n) is 4.07. The summed E-state index contributed by atoms with van der Waals surface area (Å²) >= 11 is 0. The number of halogens is 2. The first kappa shape index (κ1) is 19.2. The number of amides is 1. The minimum Gasteiger partial charge on any atom is -0.361 e. The van der Waals surface area contributed by atoms with Crippen LogP contribution in [-0.4, -0.2) is 43.2 Å². The van der Waals surface area contributed by atoms with Crippen molar-refractivity contribution in [2.24, 2.45) is 0 Å². The summed E-state index contributed by atoms with van der Waals surface area (Å²) < 4.78 is 52.2. The average Bonchev–Trinajstić information content (AvgIpc) is 3.19. The molecule has 0 atom stereocenters. The Morgan fingerprint density at radius 2 is 1.85 bits per heavy atom. The lowest BCUT2D eigenvalue weighted by Gasteiger charge is -2.15. The Balaban J connectivity index is 1.56. The highest BCUT2D eigenvalue weighted by Crippen LogP contribution is 2.21. The standard InChI is InChI=1S/C17H18F2N4O3S/c18-14-5-3-12(9-15(14)19)22-17(24)11-21-16-6-4-13(10-20-16)27(25,26)23-7-1-2-8-23/h3-6,9-10H,1-2,7-8,11H2,(H,20,21)(H,22,24). The minimum absolute atomic E-state index is 0.0983. The second kappa shape index (κ2) is 7.97. The van der Waals surface area contributed by atoms with Gasteiger partial charge in [-0.1, -0.05) is 0 Å². The van der Waals surface area contributed by atoms with Gasteiger partial charge in [-0.25, -0.2) is 22.2 Å². The lowest BCUT2D eigenvalue weighted by atomic mass is 10.3. The highest BCUT2D eigenvalue weighted by molar-refractivity contribution is 7.89. The first-order valence-electron chi connectivity index (χ1n) is 8.31. The van der Waals surface area contributed by atoms with Gasteiger partial charge >= 0.3 is 0 Å². The Morgan fingerprint density at radius 3 is 2.48 bits per heavy atom. The quantitative estimate of drug-likeness (QED) is 0.781. The fraction of sp³-hybridized carbons (Fsp3) is 0.294. The predicted octanol–water partition coefficient (Wildman–Crippen LogP) is 2.19. The lowest BCUT2D eigenvalue weighted by Crippen LogP contribution is -2.28. The molecule has 144 valence electrons. The van der Waals surface area contributed by atoms with Crippen LogP contribution in [0.4, 0.5) is 20.3 Å². The number of pyridine rings is 1. The van der Waals surface area contributed by atoms with Crippen molar-refractivity contribution in [1.82, 2.24) is 9.29 Å². The normalized spacial score (nSPS) is 14.9. The summed E-state index contributed by atoms with van der Waals surface area (Å²) in [4.78, 5) is 16.0. The van der Waals surface area contributed by atoms with E-state index in [1.165, 1.54) is 28.7 Å². The molecule has 7 nitrogen and oxygen atoms in total. The second-order valence-electron chi connectivity index (χ2n) is 6.02. The molecule has 0 bridgehead atoms. The maximum absolute atomic E-state index is 13.1. The zero-order valence-corrected chi connectivity index (χ0v) is 15.1. The molecular weight excluding hydrogens is 378 g/mol. The number of aromatic nitrogens is 1. The summed E-state index contributed by atoms with van der Waals surface area (Å²) in [6.45, 7) is 0.836. The van der Waals surface area contributed by atoms with Gasteiger partial charge in [0.1, 0.15) is 10.7 Å². The summed E-state index contributed by atoms with van der Waals surface area (Å²) in [5, 5.41) is 5.15. The molecule has 1 aromatic carbocycles. The molecule has 10 heteroatoms. The molecule has 0 radical (unpaired) electrons. The molecule has 0 aliphatic carbocycles. The second-order valence-corrected chi connectivity index (χ2v) is 7.96. The van der Waals surface area contributed by atoms with Crippen LogP contribution in [0.25, 0.3) is 0 Å². The van der Waals surface area contributed by atoms with Crippen LogP contribution in [-0.2, 0) is 14.8 Å². The summed E-state index contributed by atoms with van der Waals surface area (Å²) in [5.74, 6) is -2.23. The lowest BCUT2D eigenvalue weighted by molar-refractivity contribution is -0.114. The Hall–Kier alpha value is -2.59. The Morgan fingerprint density at radius 1 is 1.11 bits per heavy atom. The molecule has 0 spiro atoms. The monoisotopic (exact) mass is 396 g/mol. The Labute approximate surface area is 155 Å². The number of rotatable bonds is 6. The molecular formula is C17H18F2N4O3S. The molecule has 2 N–H and O–H groups in total. The summed E-state index contributed by atoms with van der Waals surface area (Å²) in [6.07, 6.45) is 2.93. The van der Waals surface area contributed by atoms with Crippen molar-refractivity contribution in [2.75, 3.05) is 30.3 Å². The maximum atomic E-state index is 13.1. The number of anilines is 2. The topological polar surface area (TPSA) is 91.4 Å². The summed E-state index contributed by atoms with van der Waals surface area (Å²) in [5.41, 5.74) is 0.126. The van der Waals surface area contributed by atoms with Gasteiger partial charge in [0.25, 0.3) is 0 Å². The Bertz CT molecular complexity index is 930. The van der Waals surface area contributed by atoms with E-state index in [1.807, 2.05) is 0 Å². The number of hydrogen-bond donors (Lipinski definition) is 2. The first-order valence-corrected chi connectivity index (χ1v) is 9.75. The van der Waals surface area contributed by atoms with E-state index < -0.39 is 27.6 Å². The number of hydrogen-bond acceptors (Lipinski definition) is 5. The third kappa shape index (κ3) is 4.58. The first-order chi connectivity index (χ1) is 12.9. The fourth-order valence-corrected chi connectivity index (χ4v) is 4.13. The number of carbonyl (C=O) groups is 1. The zero-order chi connectivity index (χ0) is 19.4.